The van der Waals surface area contributed by atoms with Crippen molar-refractivity contribution < 1.29 is 0 Å². The van der Waals surface area contributed by atoms with Gasteiger partial charge in [-0.2, -0.15) is 0 Å². The average molecular weight is 264 g/mol. The van der Waals surface area contributed by atoms with Gasteiger partial charge in [0.05, 0.1) is 11.4 Å². The number of guanidine groups is 1. The molecule has 1 rings (SSSR count). The molecule has 4 N–H and O–H groups in total. The van der Waals surface area contributed by atoms with Crippen LogP contribution in [0.1, 0.15) is 12.1 Å². The first-order chi connectivity index (χ1) is 8.90. The third-order valence-corrected chi connectivity index (χ3v) is 2.83. The Hall–Kier alpha value is -1.82. The van der Waals surface area contributed by atoms with Gasteiger partial charge in [0.2, 0.25) is 0 Å². The summed E-state index contributed by atoms with van der Waals surface area (Å²) in [4.78, 5) is 8.83. The van der Waals surface area contributed by atoms with Gasteiger partial charge < -0.3 is 20.9 Å². The van der Waals surface area contributed by atoms with Gasteiger partial charge in [-0.05, 0) is 46.1 Å². The Morgan fingerprint density at radius 1 is 1.32 bits per heavy atom. The van der Waals surface area contributed by atoms with Gasteiger partial charge >= 0.3 is 0 Å². The Balaban J connectivity index is 2.63. The van der Waals surface area contributed by atoms with Crippen molar-refractivity contribution >= 4 is 17.5 Å². The molecule has 0 amide bonds. The minimum atomic E-state index is -0.0722. The van der Waals surface area contributed by atoms with E-state index >= 15 is 0 Å². The van der Waals surface area contributed by atoms with Crippen molar-refractivity contribution in [3.63, 3.8) is 0 Å². The first-order valence-corrected chi connectivity index (χ1v) is 6.34. The van der Waals surface area contributed by atoms with Crippen molar-refractivity contribution in [3.05, 3.63) is 17.8 Å². The fourth-order valence-corrected chi connectivity index (χ4v) is 1.78. The number of nitrogens with two attached hydrogens (primary N) is 1. The van der Waals surface area contributed by atoms with E-state index in [1.54, 1.807) is 0 Å². The lowest BCUT2D eigenvalue weighted by atomic mass is 10.3. The van der Waals surface area contributed by atoms with Crippen molar-refractivity contribution in [3.8, 4) is 0 Å². The number of anilines is 2. The van der Waals surface area contributed by atoms with Gasteiger partial charge in [-0.1, -0.05) is 0 Å². The first kappa shape index (κ1) is 15.2. The summed E-state index contributed by atoms with van der Waals surface area (Å²) in [5, 5.41) is 9.99. The van der Waals surface area contributed by atoms with Crippen LogP contribution in [-0.2, 0) is 0 Å². The van der Waals surface area contributed by atoms with Crippen LogP contribution in [0.15, 0.2) is 12.1 Å². The number of rotatable bonds is 6. The third kappa shape index (κ3) is 5.13. The Kier molecular flexibility index (Phi) is 5.57. The lowest BCUT2D eigenvalue weighted by Crippen LogP contribution is -2.25. The summed E-state index contributed by atoms with van der Waals surface area (Å²) < 4.78 is 0. The molecular weight excluding hydrogens is 240 g/mol. The van der Waals surface area contributed by atoms with Crippen molar-refractivity contribution in [2.75, 3.05) is 44.4 Å². The summed E-state index contributed by atoms with van der Waals surface area (Å²) in [5.41, 5.74) is 6.93. The zero-order valence-corrected chi connectivity index (χ0v) is 12.2. The van der Waals surface area contributed by atoms with Crippen LogP contribution in [-0.4, -0.2) is 50.1 Å². The quantitative estimate of drug-likeness (QED) is 0.529. The van der Waals surface area contributed by atoms with E-state index in [4.69, 9.17) is 11.1 Å². The standard InChI is InChI=1S/C13H24N6/c1-10-11(17-13(14)15)6-7-12(16-10)19(4)9-5-8-18(2)3/h6-7H,5,8-9H2,1-4H3,(H4,14,15,17). The zero-order valence-electron chi connectivity index (χ0n) is 12.2. The second kappa shape index (κ2) is 6.94. The highest BCUT2D eigenvalue weighted by Crippen LogP contribution is 2.17. The monoisotopic (exact) mass is 264 g/mol. The average Bonchev–Trinajstić information content (AvgIpc) is 2.30. The molecule has 0 saturated heterocycles. The Morgan fingerprint density at radius 3 is 2.53 bits per heavy atom. The molecule has 0 unspecified atom stereocenters. The predicted molar refractivity (Wildman–Crippen MR) is 81.0 cm³/mol. The normalized spacial score (nSPS) is 10.6. The fraction of sp³-hybridized carbons (Fsp3) is 0.538. The highest BCUT2D eigenvalue weighted by Gasteiger charge is 2.06. The lowest BCUT2D eigenvalue weighted by Gasteiger charge is -2.20. The number of pyridine rings is 1. The van der Waals surface area contributed by atoms with E-state index in [2.05, 4.69) is 34.2 Å². The maximum atomic E-state index is 7.22. The third-order valence-electron chi connectivity index (χ3n) is 2.83. The molecule has 6 heteroatoms. The number of nitrogens with one attached hydrogen (secondary N) is 2. The highest BCUT2D eigenvalue weighted by atomic mass is 15.2. The van der Waals surface area contributed by atoms with E-state index in [0.29, 0.717) is 0 Å². The smallest absolute Gasteiger partial charge is 0.190 e. The molecule has 1 aromatic rings. The van der Waals surface area contributed by atoms with Crippen LogP contribution < -0.4 is 16.0 Å². The van der Waals surface area contributed by atoms with Gasteiger partial charge in [-0.3, -0.25) is 5.41 Å². The topological polar surface area (TPSA) is 81.3 Å². The molecule has 0 aliphatic rings. The summed E-state index contributed by atoms with van der Waals surface area (Å²) in [6, 6.07) is 3.84. The van der Waals surface area contributed by atoms with Crippen LogP contribution >= 0.6 is 0 Å². The van der Waals surface area contributed by atoms with Gasteiger partial charge in [0.1, 0.15) is 5.82 Å². The highest BCUT2D eigenvalue weighted by molar-refractivity contribution is 5.90. The van der Waals surface area contributed by atoms with Crippen molar-refractivity contribution in [1.82, 2.24) is 9.88 Å². The van der Waals surface area contributed by atoms with E-state index in [9.17, 15) is 0 Å². The molecule has 0 aliphatic carbocycles. The number of aromatic nitrogens is 1. The van der Waals surface area contributed by atoms with E-state index in [1.807, 2.05) is 26.1 Å². The van der Waals surface area contributed by atoms with E-state index in [-0.39, 0.29) is 5.96 Å². The SMILES string of the molecule is Cc1nc(N(C)CCCN(C)C)ccc1NC(=N)N. The van der Waals surface area contributed by atoms with Crippen LogP contribution in [0.4, 0.5) is 11.5 Å². The van der Waals surface area contributed by atoms with Gasteiger partial charge in [0.25, 0.3) is 0 Å². The molecule has 1 heterocycles. The molecule has 106 valence electrons. The number of aryl methyl sites for hydroxylation is 1. The van der Waals surface area contributed by atoms with Crippen molar-refractivity contribution in [1.29, 1.82) is 5.41 Å². The van der Waals surface area contributed by atoms with Crippen LogP contribution in [0, 0.1) is 12.3 Å². The molecule has 0 fully saturated rings. The molecular formula is C13H24N6. The van der Waals surface area contributed by atoms with Crippen molar-refractivity contribution in [2.24, 2.45) is 5.73 Å². The van der Waals surface area contributed by atoms with E-state index < -0.39 is 0 Å². The molecule has 0 aliphatic heterocycles. The zero-order chi connectivity index (χ0) is 14.4. The lowest BCUT2D eigenvalue weighted by molar-refractivity contribution is 0.401. The number of nitrogens with zero attached hydrogens (tertiary/aromatic N) is 3. The molecule has 0 aromatic carbocycles. The largest absolute Gasteiger partial charge is 0.370 e. The number of hydrogen-bond acceptors (Lipinski definition) is 4. The van der Waals surface area contributed by atoms with Crippen LogP contribution in [0.2, 0.25) is 0 Å². The van der Waals surface area contributed by atoms with E-state index in [1.165, 1.54) is 0 Å². The van der Waals surface area contributed by atoms with Gasteiger partial charge in [0, 0.05) is 13.6 Å². The van der Waals surface area contributed by atoms with Crippen LogP contribution in [0.3, 0.4) is 0 Å². The van der Waals surface area contributed by atoms with Gasteiger partial charge in [-0.25, -0.2) is 4.98 Å². The minimum absolute atomic E-state index is 0.0722. The summed E-state index contributed by atoms with van der Waals surface area (Å²) in [5.74, 6) is 0.863. The molecule has 1 aromatic heterocycles. The molecule has 0 saturated carbocycles. The van der Waals surface area contributed by atoms with Gasteiger partial charge in [0.15, 0.2) is 5.96 Å². The fourth-order valence-electron chi connectivity index (χ4n) is 1.78. The summed E-state index contributed by atoms with van der Waals surface area (Å²) in [6.45, 7) is 3.93. The molecule has 19 heavy (non-hydrogen) atoms. The predicted octanol–water partition coefficient (Wildman–Crippen LogP) is 1.08. The van der Waals surface area contributed by atoms with E-state index in [0.717, 1.165) is 36.7 Å². The number of hydrogen-bond donors (Lipinski definition) is 3. The summed E-state index contributed by atoms with van der Waals surface area (Å²) in [7, 11) is 6.19. The molecule has 6 nitrogen and oxygen atoms in total. The Morgan fingerprint density at radius 2 is 2.00 bits per heavy atom. The van der Waals surface area contributed by atoms with Crippen LogP contribution in [0.5, 0.6) is 0 Å². The Labute approximate surface area is 115 Å². The first-order valence-electron chi connectivity index (χ1n) is 6.34. The molecule has 0 spiro atoms. The second-order valence-corrected chi connectivity index (χ2v) is 4.92. The maximum Gasteiger partial charge on any atom is 0.190 e. The summed E-state index contributed by atoms with van der Waals surface area (Å²) >= 11 is 0. The minimum Gasteiger partial charge on any atom is -0.370 e. The summed E-state index contributed by atoms with van der Waals surface area (Å²) in [6.07, 6.45) is 1.09. The molecule has 0 radical (unpaired) electrons. The maximum absolute atomic E-state index is 7.22. The Bertz CT molecular complexity index is 429. The molecule has 0 bridgehead atoms. The van der Waals surface area contributed by atoms with Gasteiger partial charge in [-0.15, -0.1) is 0 Å². The van der Waals surface area contributed by atoms with Crippen LogP contribution in [0.25, 0.3) is 0 Å². The van der Waals surface area contributed by atoms with Crippen molar-refractivity contribution in [2.45, 2.75) is 13.3 Å². The molecule has 0 atom stereocenters. The second-order valence-electron chi connectivity index (χ2n) is 4.92.